The van der Waals surface area contributed by atoms with E-state index in [1.165, 1.54) is 6.92 Å². The first kappa shape index (κ1) is 11.4. The molecule has 1 aromatic rings. The highest BCUT2D eigenvalue weighted by molar-refractivity contribution is 6.32. The summed E-state index contributed by atoms with van der Waals surface area (Å²) in [6.07, 6.45) is 0.910. The van der Waals surface area contributed by atoms with Crippen molar-refractivity contribution in [3.8, 4) is 6.07 Å². The smallest absolute Gasteiger partial charge is 0.255 e. The molecular formula is C9H7ClFN3O. The van der Waals surface area contributed by atoms with Crippen molar-refractivity contribution in [3.63, 3.8) is 0 Å². The highest BCUT2D eigenvalue weighted by Gasteiger charge is 2.14. The van der Waals surface area contributed by atoms with Crippen LogP contribution in [0.5, 0.6) is 0 Å². The summed E-state index contributed by atoms with van der Waals surface area (Å²) < 4.78 is 12.8. The van der Waals surface area contributed by atoms with E-state index in [4.69, 9.17) is 16.9 Å². The number of pyridine rings is 1. The monoisotopic (exact) mass is 227 g/mol. The molecule has 0 radical (unpaired) electrons. The fourth-order valence-corrected chi connectivity index (χ4v) is 1.08. The van der Waals surface area contributed by atoms with E-state index in [-0.39, 0.29) is 10.7 Å². The summed E-state index contributed by atoms with van der Waals surface area (Å²) in [7, 11) is 0. The molecule has 1 heterocycles. The van der Waals surface area contributed by atoms with E-state index in [0.29, 0.717) is 0 Å². The molecule has 78 valence electrons. The Hall–Kier alpha value is -1.67. The first-order valence-electron chi connectivity index (χ1n) is 4.06. The highest BCUT2D eigenvalue weighted by atomic mass is 35.5. The molecule has 1 atom stereocenters. The van der Waals surface area contributed by atoms with Crippen molar-refractivity contribution in [1.29, 1.82) is 5.26 Å². The maximum absolute atomic E-state index is 12.8. The van der Waals surface area contributed by atoms with E-state index in [2.05, 4.69) is 10.3 Å². The average molecular weight is 228 g/mol. The van der Waals surface area contributed by atoms with Gasteiger partial charge < -0.3 is 5.32 Å². The molecule has 0 aliphatic rings. The van der Waals surface area contributed by atoms with Crippen LogP contribution in [0.25, 0.3) is 0 Å². The first-order chi connectivity index (χ1) is 7.04. The first-order valence-corrected chi connectivity index (χ1v) is 4.44. The summed E-state index contributed by atoms with van der Waals surface area (Å²) in [6, 6.07) is 2.11. The Kier molecular flexibility index (Phi) is 3.58. The Labute approximate surface area is 90.7 Å². The number of carbonyl (C=O) groups excluding carboxylic acids is 1. The normalized spacial score (nSPS) is 11.6. The standard InChI is InChI=1S/C9H7ClFN3O/c1-5(3-12)14-9(15)7-2-6(11)4-13-8(7)10/h2,4-5H,1H3,(H,14,15). The third-order valence-corrected chi connectivity index (χ3v) is 1.89. The zero-order chi connectivity index (χ0) is 11.4. The largest absolute Gasteiger partial charge is 0.336 e. The van der Waals surface area contributed by atoms with Gasteiger partial charge in [-0.3, -0.25) is 4.79 Å². The molecule has 1 rings (SSSR count). The SMILES string of the molecule is CC(C#N)NC(=O)c1cc(F)cnc1Cl. The number of nitriles is 1. The molecular weight excluding hydrogens is 221 g/mol. The molecule has 0 saturated carbocycles. The predicted octanol–water partition coefficient (Wildman–Crippen LogP) is 1.52. The number of aromatic nitrogens is 1. The molecule has 6 heteroatoms. The summed E-state index contributed by atoms with van der Waals surface area (Å²) in [5, 5.41) is 10.7. The van der Waals surface area contributed by atoms with Gasteiger partial charge in [0.1, 0.15) is 17.0 Å². The minimum atomic E-state index is -0.670. The van der Waals surface area contributed by atoms with E-state index in [1.807, 2.05) is 6.07 Å². The topological polar surface area (TPSA) is 65.8 Å². The quantitative estimate of drug-likeness (QED) is 0.779. The lowest BCUT2D eigenvalue weighted by atomic mass is 10.2. The number of rotatable bonds is 2. The van der Waals surface area contributed by atoms with Crippen LogP contribution in [0, 0.1) is 17.1 Å². The van der Waals surface area contributed by atoms with Crippen molar-refractivity contribution < 1.29 is 9.18 Å². The molecule has 0 bridgehead atoms. The second-order valence-corrected chi connectivity index (χ2v) is 3.17. The van der Waals surface area contributed by atoms with Crippen molar-refractivity contribution in [2.45, 2.75) is 13.0 Å². The lowest BCUT2D eigenvalue weighted by molar-refractivity contribution is 0.0947. The van der Waals surface area contributed by atoms with Gasteiger partial charge in [0.2, 0.25) is 0 Å². The minimum absolute atomic E-state index is 0.0845. The van der Waals surface area contributed by atoms with Crippen LogP contribution in [0.15, 0.2) is 12.3 Å². The summed E-state index contributed by atoms with van der Waals surface area (Å²) in [5.74, 6) is -1.28. The Balaban J connectivity index is 2.92. The molecule has 1 aromatic heterocycles. The number of hydrogen-bond acceptors (Lipinski definition) is 3. The molecule has 0 fully saturated rings. The van der Waals surface area contributed by atoms with Crippen LogP contribution in [-0.2, 0) is 0 Å². The van der Waals surface area contributed by atoms with Gasteiger partial charge in [0.05, 0.1) is 17.8 Å². The second kappa shape index (κ2) is 4.71. The van der Waals surface area contributed by atoms with E-state index < -0.39 is 17.8 Å². The van der Waals surface area contributed by atoms with Gasteiger partial charge in [-0.1, -0.05) is 11.6 Å². The van der Waals surface area contributed by atoms with Crippen LogP contribution >= 0.6 is 11.6 Å². The minimum Gasteiger partial charge on any atom is -0.336 e. The molecule has 4 nitrogen and oxygen atoms in total. The van der Waals surface area contributed by atoms with E-state index in [1.54, 1.807) is 0 Å². The summed E-state index contributed by atoms with van der Waals surface area (Å²) >= 11 is 5.60. The molecule has 1 N–H and O–H groups in total. The molecule has 1 amide bonds. The number of amides is 1. The van der Waals surface area contributed by atoms with Gasteiger partial charge >= 0.3 is 0 Å². The number of nitrogens with zero attached hydrogens (tertiary/aromatic N) is 2. The van der Waals surface area contributed by atoms with Crippen LogP contribution in [0.1, 0.15) is 17.3 Å². The van der Waals surface area contributed by atoms with E-state index in [0.717, 1.165) is 12.3 Å². The summed E-state index contributed by atoms with van der Waals surface area (Å²) in [6.45, 7) is 1.50. The van der Waals surface area contributed by atoms with Gasteiger partial charge in [0, 0.05) is 0 Å². The fourth-order valence-electron chi connectivity index (χ4n) is 0.888. The van der Waals surface area contributed by atoms with Crippen LogP contribution in [-0.4, -0.2) is 16.9 Å². The van der Waals surface area contributed by atoms with Gasteiger partial charge in [-0.05, 0) is 13.0 Å². The number of nitrogens with one attached hydrogen (secondary N) is 1. The maximum Gasteiger partial charge on any atom is 0.255 e. The third-order valence-electron chi connectivity index (χ3n) is 1.59. The van der Waals surface area contributed by atoms with Gasteiger partial charge in [-0.15, -0.1) is 0 Å². The van der Waals surface area contributed by atoms with Gasteiger partial charge in [0.15, 0.2) is 0 Å². The summed E-state index contributed by atoms with van der Waals surface area (Å²) in [5.41, 5.74) is -0.0845. The van der Waals surface area contributed by atoms with Crippen molar-refractivity contribution in [2.75, 3.05) is 0 Å². The van der Waals surface area contributed by atoms with Crippen LogP contribution < -0.4 is 5.32 Å². The molecule has 0 spiro atoms. The van der Waals surface area contributed by atoms with Crippen LogP contribution in [0.2, 0.25) is 5.15 Å². The average Bonchev–Trinajstić information content (AvgIpc) is 2.21. The highest BCUT2D eigenvalue weighted by Crippen LogP contribution is 2.13. The second-order valence-electron chi connectivity index (χ2n) is 2.82. The zero-order valence-electron chi connectivity index (χ0n) is 7.79. The Bertz CT molecular complexity index is 430. The lowest BCUT2D eigenvalue weighted by Gasteiger charge is -2.06. The van der Waals surface area contributed by atoms with Crippen LogP contribution in [0.3, 0.4) is 0 Å². The predicted molar refractivity (Wildman–Crippen MR) is 51.7 cm³/mol. The Morgan fingerprint density at radius 1 is 1.80 bits per heavy atom. The van der Waals surface area contributed by atoms with E-state index in [9.17, 15) is 9.18 Å². The number of hydrogen-bond donors (Lipinski definition) is 1. The van der Waals surface area contributed by atoms with Crippen LogP contribution in [0.4, 0.5) is 4.39 Å². The Morgan fingerprint density at radius 2 is 2.47 bits per heavy atom. The fraction of sp³-hybridized carbons (Fsp3) is 0.222. The molecule has 0 aromatic carbocycles. The number of carbonyl (C=O) groups is 1. The van der Waals surface area contributed by atoms with Crippen molar-refractivity contribution >= 4 is 17.5 Å². The van der Waals surface area contributed by atoms with Gasteiger partial charge in [-0.25, -0.2) is 9.37 Å². The molecule has 0 saturated heterocycles. The van der Waals surface area contributed by atoms with E-state index >= 15 is 0 Å². The molecule has 0 aliphatic heterocycles. The lowest BCUT2D eigenvalue weighted by Crippen LogP contribution is -2.31. The molecule has 0 aliphatic carbocycles. The van der Waals surface area contributed by atoms with Gasteiger partial charge in [0.25, 0.3) is 5.91 Å². The molecule has 15 heavy (non-hydrogen) atoms. The molecule has 1 unspecified atom stereocenters. The third kappa shape index (κ3) is 2.89. The Morgan fingerprint density at radius 3 is 3.07 bits per heavy atom. The summed E-state index contributed by atoms with van der Waals surface area (Å²) in [4.78, 5) is 14.9. The zero-order valence-corrected chi connectivity index (χ0v) is 8.55. The maximum atomic E-state index is 12.8. The van der Waals surface area contributed by atoms with Crippen molar-refractivity contribution in [2.24, 2.45) is 0 Å². The van der Waals surface area contributed by atoms with Crippen molar-refractivity contribution in [3.05, 3.63) is 28.8 Å². The van der Waals surface area contributed by atoms with Crippen molar-refractivity contribution in [1.82, 2.24) is 10.3 Å². The number of halogens is 2. The van der Waals surface area contributed by atoms with Gasteiger partial charge in [-0.2, -0.15) is 5.26 Å².